The molecule has 0 spiro atoms. The normalized spacial score (nSPS) is 17.2. The minimum Gasteiger partial charge on any atom is -0.424 e. The Balaban J connectivity index is 1.66. The third-order valence-corrected chi connectivity index (χ3v) is 3.91. The van der Waals surface area contributed by atoms with Gasteiger partial charge in [-0.25, -0.2) is 0 Å². The van der Waals surface area contributed by atoms with Crippen molar-refractivity contribution in [3.63, 3.8) is 0 Å². The van der Waals surface area contributed by atoms with Crippen LogP contribution in [-0.2, 0) is 6.54 Å². The molecule has 0 aliphatic carbocycles. The first-order valence-corrected chi connectivity index (χ1v) is 7.61. The molecule has 1 fully saturated rings. The van der Waals surface area contributed by atoms with Crippen molar-refractivity contribution in [1.82, 2.24) is 20.4 Å². The Morgan fingerprint density at radius 1 is 1.19 bits per heavy atom. The summed E-state index contributed by atoms with van der Waals surface area (Å²) in [6, 6.07) is 10.9. The topological polar surface area (TPSA) is 54.2 Å². The van der Waals surface area contributed by atoms with Gasteiger partial charge in [-0.2, -0.15) is 0 Å². The maximum absolute atomic E-state index is 5.44. The highest BCUT2D eigenvalue weighted by Crippen LogP contribution is 2.18. The van der Waals surface area contributed by atoms with E-state index in [-0.39, 0.29) is 6.04 Å². The molecule has 2 aromatic rings. The second-order valence-corrected chi connectivity index (χ2v) is 5.57. The number of nitrogens with one attached hydrogen (secondary N) is 1. The fraction of sp³-hybridized carbons (Fsp3) is 0.500. The second-order valence-electron chi connectivity index (χ2n) is 5.57. The molecule has 1 atom stereocenters. The molecule has 0 radical (unpaired) electrons. The van der Waals surface area contributed by atoms with E-state index in [0.29, 0.717) is 18.3 Å². The van der Waals surface area contributed by atoms with Crippen LogP contribution in [0.5, 0.6) is 0 Å². The van der Waals surface area contributed by atoms with Crippen LogP contribution in [0.3, 0.4) is 0 Å². The Morgan fingerprint density at radius 2 is 1.95 bits per heavy atom. The summed E-state index contributed by atoms with van der Waals surface area (Å²) in [4.78, 5) is 2.52. The van der Waals surface area contributed by atoms with Gasteiger partial charge in [0.15, 0.2) is 0 Å². The molecular formula is C16H22N4O. The molecule has 1 aliphatic heterocycles. The van der Waals surface area contributed by atoms with Crippen molar-refractivity contribution < 1.29 is 4.42 Å². The first-order chi connectivity index (χ1) is 10.3. The second kappa shape index (κ2) is 6.83. The monoisotopic (exact) mass is 286 g/mol. The quantitative estimate of drug-likeness (QED) is 0.883. The van der Waals surface area contributed by atoms with Gasteiger partial charge in [-0.3, -0.25) is 0 Å². The molecule has 21 heavy (non-hydrogen) atoms. The summed E-state index contributed by atoms with van der Waals surface area (Å²) < 4.78 is 5.44. The molecule has 1 aromatic heterocycles. The summed E-state index contributed by atoms with van der Waals surface area (Å²) in [5.74, 6) is 1.26. The predicted octanol–water partition coefficient (Wildman–Crippen LogP) is 2.30. The summed E-state index contributed by atoms with van der Waals surface area (Å²) >= 11 is 0. The number of hydrogen-bond acceptors (Lipinski definition) is 5. The maximum atomic E-state index is 5.44. The van der Waals surface area contributed by atoms with Crippen molar-refractivity contribution in [1.29, 1.82) is 0 Å². The Bertz CT molecular complexity index is 548. The van der Waals surface area contributed by atoms with E-state index in [4.69, 9.17) is 4.42 Å². The zero-order valence-electron chi connectivity index (χ0n) is 12.5. The number of aryl methyl sites for hydroxylation is 1. The summed E-state index contributed by atoms with van der Waals surface area (Å²) in [5, 5.41) is 11.5. The fourth-order valence-corrected chi connectivity index (χ4v) is 2.82. The van der Waals surface area contributed by atoms with Crippen LogP contribution in [-0.4, -0.2) is 34.7 Å². The molecule has 0 amide bonds. The summed E-state index contributed by atoms with van der Waals surface area (Å²) in [6.45, 7) is 5.84. The first-order valence-electron chi connectivity index (χ1n) is 7.61. The Morgan fingerprint density at radius 3 is 2.62 bits per heavy atom. The predicted molar refractivity (Wildman–Crippen MR) is 80.7 cm³/mol. The third kappa shape index (κ3) is 3.89. The van der Waals surface area contributed by atoms with Gasteiger partial charge >= 0.3 is 0 Å². The molecule has 5 nitrogen and oxygen atoms in total. The first kappa shape index (κ1) is 14.2. The molecular weight excluding hydrogens is 264 g/mol. The Hall–Kier alpha value is -1.72. The van der Waals surface area contributed by atoms with Gasteiger partial charge in [-0.1, -0.05) is 30.3 Å². The number of aromatic nitrogens is 2. The number of nitrogens with zero attached hydrogens (tertiary/aromatic N) is 3. The third-order valence-electron chi connectivity index (χ3n) is 3.91. The average Bonchev–Trinajstić information content (AvgIpc) is 3.16. The van der Waals surface area contributed by atoms with Gasteiger partial charge in [-0.05, 0) is 31.5 Å². The van der Waals surface area contributed by atoms with Crippen LogP contribution in [0.2, 0.25) is 0 Å². The lowest BCUT2D eigenvalue weighted by Crippen LogP contribution is -2.33. The van der Waals surface area contributed by atoms with E-state index in [1.165, 1.54) is 31.5 Å². The van der Waals surface area contributed by atoms with Crippen molar-refractivity contribution in [2.75, 3.05) is 19.6 Å². The molecule has 3 rings (SSSR count). The van der Waals surface area contributed by atoms with Gasteiger partial charge < -0.3 is 14.6 Å². The zero-order chi connectivity index (χ0) is 14.5. The highest BCUT2D eigenvalue weighted by Gasteiger charge is 2.19. The lowest BCUT2D eigenvalue weighted by molar-refractivity contribution is 0.286. The van der Waals surface area contributed by atoms with Gasteiger partial charge in [0.05, 0.1) is 6.54 Å². The Kier molecular flexibility index (Phi) is 4.62. The van der Waals surface area contributed by atoms with Crippen LogP contribution in [0, 0.1) is 6.92 Å². The molecule has 1 aromatic carbocycles. The van der Waals surface area contributed by atoms with Gasteiger partial charge in [0.1, 0.15) is 0 Å². The molecule has 0 saturated carbocycles. The van der Waals surface area contributed by atoms with Crippen LogP contribution in [0.1, 0.15) is 36.2 Å². The van der Waals surface area contributed by atoms with Crippen molar-refractivity contribution in [2.24, 2.45) is 0 Å². The molecule has 1 aliphatic rings. The van der Waals surface area contributed by atoms with E-state index < -0.39 is 0 Å². The summed E-state index contributed by atoms with van der Waals surface area (Å²) in [6.07, 6.45) is 2.62. The van der Waals surface area contributed by atoms with Gasteiger partial charge in [-0.15, -0.1) is 10.2 Å². The Labute approximate surface area is 125 Å². The largest absolute Gasteiger partial charge is 0.424 e. The van der Waals surface area contributed by atoms with E-state index in [2.05, 4.69) is 50.7 Å². The number of benzene rings is 1. The summed E-state index contributed by atoms with van der Waals surface area (Å²) in [5.41, 5.74) is 1.31. The molecule has 5 heteroatoms. The lowest BCUT2D eigenvalue weighted by atomic mass is 10.1. The SMILES string of the molecule is Cc1nnc(CN[C@@H](CN2CCCC2)c2ccccc2)o1. The van der Waals surface area contributed by atoms with E-state index in [1.54, 1.807) is 0 Å². The van der Waals surface area contributed by atoms with E-state index >= 15 is 0 Å². The number of hydrogen-bond donors (Lipinski definition) is 1. The van der Waals surface area contributed by atoms with Crippen LogP contribution in [0.15, 0.2) is 34.7 Å². The molecule has 0 unspecified atom stereocenters. The molecule has 1 N–H and O–H groups in total. The van der Waals surface area contributed by atoms with E-state index in [1.807, 2.05) is 6.92 Å². The van der Waals surface area contributed by atoms with Crippen LogP contribution in [0.4, 0.5) is 0 Å². The number of rotatable bonds is 6. The molecule has 0 bridgehead atoms. The van der Waals surface area contributed by atoms with Crippen molar-refractivity contribution in [3.8, 4) is 0 Å². The van der Waals surface area contributed by atoms with E-state index in [0.717, 1.165) is 6.54 Å². The van der Waals surface area contributed by atoms with Crippen molar-refractivity contribution >= 4 is 0 Å². The van der Waals surface area contributed by atoms with Crippen LogP contribution in [0.25, 0.3) is 0 Å². The van der Waals surface area contributed by atoms with E-state index in [9.17, 15) is 0 Å². The number of likely N-dealkylation sites (tertiary alicyclic amines) is 1. The highest BCUT2D eigenvalue weighted by molar-refractivity contribution is 5.19. The zero-order valence-corrected chi connectivity index (χ0v) is 12.5. The minimum absolute atomic E-state index is 0.288. The van der Waals surface area contributed by atoms with Crippen molar-refractivity contribution in [2.45, 2.75) is 32.4 Å². The molecule has 1 saturated heterocycles. The minimum atomic E-state index is 0.288. The van der Waals surface area contributed by atoms with Gasteiger partial charge in [0, 0.05) is 19.5 Å². The van der Waals surface area contributed by atoms with Gasteiger partial charge in [0.25, 0.3) is 0 Å². The lowest BCUT2D eigenvalue weighted by Gasteiger charge is -2.24. The highest BCUT2D eigenvalue weighted by atomic mass is 16.4. The average molecular weight is 286 g/mol. The van der Waals surface area contributed by atoms with Crippen molar-refractivity contribution in [3.05, 3.63) is 47.7 Å². The standard InChI is InChI=1S/C16H22N4O/c1-13-18-19-16(21-13)11-17-15(12-20-9-5-6-10-20)14-7-3-2-4-8-14/h2-4,7-8,15,17H,5-6,9-12H2,1H3/t15-/m0/s1. The molecule has 112 valence electrons. The van der Waals surface area contributed by atoms with Crippen LogP contribution < -0.4 is 5.32 Å². The van der Waals surface area contributed by atoms with Gasteiger partial charge in [0.2, 0.25) is 11.8 Å². The van der Waals surface area contributed by atoms with Crippen LogP contribution >= 0.6 is 0 Å². The molecule has 2 heterocycles. The maximum Gasteiger partial charge on any atom is 0.230 e. The summed E-state index contributed by atoms with van der Waals surface area (Å²) in [7, 11) is 0. The fourth-order valence-electron chi connectivity index (χ4n) is 2.82. The smallest absolute Gasteiger partial charge is 0.230 e.